The van der Waals surface area contributed by atoms with E-state index in [1.807, 2.05) is 6.92 Å². The first-order valence-corrected chi connectivity index (χ1v) is 10.8. The van der Waals surface area contributed by atoms with Crippen molar-refractivity contribution in [3.05, 3.63) is 74.1 Å². The monoisotopic (exact) mass is 450 g/mol. The number of hydrogen-bond donors (Lipinski definition) is 1. The van der Waals surface area contributed by atoms with Gasteiger partial charge in [-0.05, 0) is 36.1 Å². The third-order valence-corrected chi connectivity index (χ3v) is 6.07. The Morgan fingerprint density at radius 3 is 2.84 bits per heavy atom. The molecule has 0 bridgehead atoms. The molecule has 11 heteroatoms. The molecule has 0 aliphatic carbocycles. The molecule has 0 radical (unpaired) electrons. The lowest BCUT2D eigenvalue weighted by atomic mass is 10.1. The van der Waals surface area contributed by atoms with Gasteiger partial charge in [0.25, 0.3) is 11.5 Å². The summed E-state index contributed by atoms with van der Waals surface area (Å²) in [5.41, 5.74) is 1.24. The molecule has 9 nitrogen and oxygen atoms in total. The SMILES string of the molecule is Cc1nn2c(=O)cc(COc3ccc(/C=C4/C(=N)N5C=CSC5=NC4=O)cc3)nc2s1. The van der Waals surface area contributed by atoms with Gasteiger partial charge < -0.3 is 4.74 Å². The number of benzene rings is 1. The van der Waals surface area contributed by atoms with Gasteiger partial charge in [-0.15, -0.1) is 0 Å². The van der Waals surface area contributed by atoms with Gasteiger partial charge in [0, 0.05) is 12.3 Å². The van der Waals surface area contributed by atoms with Crippen LogP contribution in [0.25, 0.3) is 11.0 Å². The molecule has 1 aromatic carbocycles. The molecule has 0 saturated heterocycles. The van der Waals surface area contributed by atoms with Crippen molar-refractivity contribution in [3.8, 4) is 5.75 Å². The van der Waals surface area contributed by atoms with Crippen LogP contribution in [0.1, 0.15) is 16.3 Å². The van der Waals surface area contributed by atoms with Crippen molar-refractivity contribution < 1.29 is 9.53 Å². The predicted octanol–water partition coefficient (Wildman–Crippen LogP) is 2.82. The Bertz CT molecular complexity index is 1380. The van der Waals surface area contributed by atoms with Crippen LogP contribution in [0.15, 0.2) is 57.3 Å². The third-order valence-electron chi connectivity index (χ3n) is 4.49. The number of fused-ring (bicyclic) bond motifs is 2. The van der Waals surface area contributed by atoms with E-state index in [4.69, 9.17) is 10.1 Å². The maximum Gasteiger partial charge on any atom is 0.283 e. The molecule has 3 aromatic rings. The van der Waals surface area contributed by atoms with Crippen LogP contribution in [-0.2, 0) is 11.4 Å². The molecule has 0 unspecified atom stereocenters. The van der Waals surface area contributed by atoms with Gasteiger partial charge in [0.2, 0.25) is 4.96 Å². The van der Waals surface area contributed by atoms with Crippen LogP contribution in [0.2, 0.25) is 0 Å². The fraction of sp³-hybridized carbons (Fsp3) is 0.100. The smallest absolute Gasteiger partial charge is 0.283 e. The van der Waals surface area contributed by atoms with Crippen molar-refractivity contribution in [3.63, 3.8) is 0 Å². The van der Waals surface area contributed by atoms with Crippen LogP contribution in [-0.4, -0.2) is 36.4 Å². The van der Waals surface area contributed by atoms with Crippen molar-refractivity contribution in [2.24, 2.45) is 4.99 Å². The zero-order valence-electron chi connectivity index (χ0n) is 16.1. The van der Waals surface area contributed by atoms with E-state index in [0.29, 0.717) is 21.6 Å². The van der Waals surface area contributed by atoms with E-state index in [1.165, 1.54) is 33.7 Å². The maximum absolute atomic E-state index is 12.3. The fourth-order valence-electron chi connectivity index (χ4n) is 3.04. The number of amides is 1. The van der Waals surface area contributed by atoms with Crippen molar-refractivity contribution >= 4 is 51.0 Å². The van der Waals surface area contributed by atoms with Gasteiger partial charge in [0.1, 0.15) is 23.2 Å². The Kier molecular flexibility index (Phi) is 4.75. The normalized spacial score (nSPS) is 16.9. The second-order valence-corrected chi connectivity index (χ2v) is 8.67. The number of aryl methyl sites for hydroxylation is 1. The highest BCUT2D eigenvalue weighted by molar-refractivity contribution is 8.16. The molecule has 1 N–H and O–H groups in total. The molecule has 4 heterocycles. The summed E-state index contributed by atoms with van der Waals surface area (Å²) < 4.78 is 7.03. The summed E-state index contributed by atoms with van der Waals surface area (Å²) in [6.07, 6.45) is 3.35. The van der Waals surface area contributed by atoms with Crippen molar-refractivity contribution in [1.82, 2.24) is 19.5 Å². The summed E-state index contributed by atoms with van der Waals surface area (Å²) in [6.45, 7) is 1.96. The molecule has 2 aromatic heterocycles. The molecule has 154 valence electrons. The Morgan fingerprint density at radius 2 is 2.03 bits per heavy atom. The van der Waals surface area contributed by atoms with Crippen LogP contribution in [0.5, 0.6) is 5.75 Å². The lowest BCUT2D eigenvalue weighted by Gasteiger charge is -2.22. The number of carbonyl (C=O) groups is 1. The summed E-state index contributed by atoms with van der Waals surface area (Å²) in [5, 5.41) is 15.4. The second kappa shape index (κ2) is 7.60. The highest BCUT2D eigenvalue weighted by atomic mass is 32.2. The molecular formula is C20H14N6O3S2. The number of ether oxygens (including phenoxy) is 1. The standard InChI is InChI=1S/C20H14N6O3S2/c1-11-24-26-16(27)9-13(22-20(26)31-11)10-29-14-4-2-12(3-5-14)8-15-17(21)25-6-7-30-19(25)23-18(15)28/h2-9,21H,10H2,1H3/b15-8-,21-17?. The number of nitrogens with zero attached hydrogens (tertiary/aromatic N) is 5. The summed E-state index contributed by atoms with van der Waals surface area (Å²) in [5.74, 6) is 0.260. The van der Waals surface area contributed by atoms with Crippen LogP contribution in [0.4, 0.5) is 0 Å². The molecule has 5 rings (SSSR count). The Morgan fingerprint density at radius 1 is 1.23 bits per heavy atom. The average molecular weight is 451 g/mol. The molecule has 31 heavy (non-hydrogen) atoms. The third kappa shape index (κ3) is 3.68. The fourth-order valence-corrected chi connectivity index (χ4v) is 4.51. The summed E-state index contributed by atoms with van der Waals surface area (Å²) in [6, 6.07) is 8.49. The Balaban J connectivity index is 1.31. The molecule has 0 saturated carbocycles. The van der Waals surface area contributed by atoms with Crippen molar-refractivity contribution in [2.45, 2.75) is 13.5 Å². The van der Waals surface area contributed by atoms with E-state index < -0.39 is 5.91 Å². The number of amidine groups is 2. The van der Waals surface area contributed by atoms with Crippen molar-refractivity contribution in [1.29, 1.82) is 5.41 Å². The zero-order chi connectivity index (χ0) is 21.5. The van der Waals surface area contributed by atoms with Gasteiger partial charge in [-0.1, -0.05) is 35.2 Å². The maximum atomic E-state index is 12.3. The molecular weight excluding hydrogens is 436 g/mol. The average Bonchev–Trinajstić information content (AvgIpc) is 3.36. The van der Waals surface area contributed by atoms with Crippen molar-refractivity contribution in [2.75, 3.05) is 0 Å². The minimum Gasteiger partial charge on any atom is -0.487 e. The van der Waals surface area contributed by atoms with Gasteiger partial charge >= 0.3 is 0 Å². The van der Waals surface area contributed by atoms with E-state index in [9.17, 15) is 9.59 Å². The molecule has 2 aliphatic heterocycles. The van der Waals surface area contributed by atoms with E-state index in [0.717, 1.165) is 10.6 Å². The summed E-state index contributed by atoms with van der Waals surface area (Å²) in [7, 11) is 0. The lowest BCUT2D eigenvalue weighted by Crippen LogP contribution is -2.35. The molecule has 2 aliphatic rings. The second-order valence-electron chi connectivity index (χ2n) is 6.64. The quantitative estimate of drug-likeness (QED) is 0.608. The Hall–Kier alpha value is -3.57. The molecule has 0 fully saturated rings. The topological polar surface area (TPSA) is 113 Å². The first-order valence-electron chi connectivity index (χ1n) is 9.13. The lowest BCUT2D eigenvalue weighted by molar-refractivity contribution is -0.114. The highest BCUT2D eigenvalue weighted by Gasteiger charge is 2.30. The number of thioether (sulfide) groups is 1. The minimum absolute atomic E-state index is 0.0997. The molecule has 1 amide bonds. The first kappa shape index (κ1) is 19.4. The van der Waals surface area contributed by atoms with Gasteiger partial charge in [-0.2, -0.15) is 14.6 Å². The van der Waals surface area contributed by atoms with E-state index in [2.05, 4.69) is 15.1 Å². The number of carbonyl (C=O) groups excluding carboxylic acids is 1. The number of aliphatic imine (C=N–C) groups is 1. The zero-order valence-corrected chi connectivity index (χ0v) is 17.7. The van der Waals surface area contributed by atoms with Crippen LogP contribution in [0.3, 0.4) is 0 Å². The number of nitrogens with one attached hydrogen (secondary N) is 1. The predicted molar refractivity (Wildman–Crippen MR) is 119 cm³/mol. The van der Waals surface area contributed by atoms with Crippen LogP contribution < -0.4 is 10.3 Å². The number of hydrogen-bond acceptors (Lipinski definition) is 8. The van der Waals surface area contributed by atoms with Gasteiger partial charge in [0.15, 0.2) is 5.17 Å². The largest absolute Gasteiger partial charge is 0.487 e. The Labute approximate surface area is 183 Å². The summed E-state index contributed by atoms with van der Waals surface area (Å²) in [4.78, 5) is 34.9. The van der Waals surface area contributed by atoms with Crippen LogP contribution >= 0.6 is 23.1 Å². The van der Waals surface area contributed by atoms with Gasteiger partial charge in [-0.25, -0.2) is 4.98 Å². The van der Waals surface area contributed by atoms with Gasteiger partial charge in [0.05, 0.1) is 11.3 Å². The van der Waals surface area contributed by atoms with E-state index >= 15 is 0 Å². The molecule has 0 atom stereocenters. The first-order chi connectivity index (χ1) is 15.0. The van der Waals surface area contributed by atoms with Crippen LogP contribution in [0, 0.1) is 12.3 Å². The number of rotatable bonds is 4. The number of aromatic nitrogens is 3. The summed E-state index contributed by atoms with van der Waals surface area (Å²) >= 11 is 2.65. The van der Waals surface area contributed by atoms with E-state index in [1.54, 1.807) is 46.8 Å². The molecule has 0 spiro atoms. The highest BCUT2D eigenvalue weighted by Crippen LogP contribution is 2.27. The van der Waals surface area contributed by atoms with E-state index in [-0.39, 0.29) is 23.6 Å². The minimum atomic E-state index is -0.432. The van der Waals surface area contributed by atoms with Gasteiger partial charge in [-0.3, -0.25) is 19.9 Å².